The number of hydrogen-bond acceptors (Lipinski definition) is 8. The van der Waals surface area contributed by atoms with Gasteiger partial charge in [-0.05, 0) is 35.9 Å². The summed E-state index contributed by atoms with van der Waals surface area (Å²) in [5.41, 5.74) is 1.16. The maximum Gasteiger partial charge on any atom is 0.344 e. The van der Waals surface area contributed by atoms with Gasteiger partial charge in [0.2, 0.25) is 0 Å². The largest absolute Gasteiger partial charge is 0.475 e. The summed E-state index contributed by atoms with van der Waals surface area (Å²) in [6, 6.07) is 15.6. The molecule has 0 bridgehead atoms. The maximum absolute atomic E-state index is 12.9. The fourth-order valence-electron chi connectivity index (χ4n) is 3.38. The van der Waals surface area contributed by atoms with Crippen LogP contribution in [0.15, 0.2) is 76.4 Å². The van der Waals surface area contributed by atoms with E-state index < -0.39 is 36.1 Å². The van der Waals surface area contributed by atoms with Gasteiger partial charge in [-0.25, -0.2) is 9.80 Å². The zero-order chi connectivity index (χ0) is 24.1. The van der Waals surface area contributed by atoms with Crippen molar-refractivity contribution in [3.05, 3.63) is 93.4 Å². The molecule has 0 fully saturated rings. The molecule has 3 aromatic rings. The average molecular weight is 484 g/mol. The van der Waals surface area contributed by atoms with E-state index in [9.17, 15) is 19.7 Å². The molecular weight excluding hydrogens is 466 g/mol. The molecule has 0 radical (unpaired) electrons. The highest BCUT2D eigenvalue weighted by Crippen LogP contribution is 2.33. The number of benzene rings is 2. The van der Waals surface area contributed by atoms with E-state index in [1.807, 2.05) is 0 Å². The number of nitro benzene ring substituents is 1. The number of hydrazone groups is 1. The third-order valence-electron chi connectivity index (χ3n) is 4.98. The molecule has 2 heterocycles. The maximum atomic E-state index is 12.9. The van der Waals surface area contributed by atoms with Crippen LogP contribution < -0.4 is 4.74 Å². The first kappa shape index (κ1) is 23.0. The summed E-state index contributed by atoms with van der Waals surface area (Å²) >= 11 is 5.96. The van der Waals surface area contributed by atoms with Gasteiger partial charge in [-0.15, -0.1) is 0 Å². The van der Waals surface area contributed by atoms with Gasteiger partial charge in [0.15, 0.2) is 19.0 Å². The quantitative estimate of drug-likeness (QED) is 0.268. The predicted octanol–water partition coefficient (Wildman–Crippen LogP) is 4.14. The van der Waals surface area contributed by atoms with Crippen molar-refractivity contribution in [1.29, 1.82) is 0 Å². The van der Waals surface area contributed by atoms with Gasteiger partial charge in [0.1, 0.15) is 11.8 Å². The molecule has 0 saturated carbocycles. The summed E-state index contributed by atoms with van der Waals surface area (Å²) in [5, 5.41) is 17.3. The zero-order valence-corrected chi connectivity index (χ0v) is 18.4. The van der Waals surface area contributed by atoms with E-state index in [4.69, 9.17) is 25.5 Å². The average Bonchev–Trinajstić information content (AvgIpc) is 3.52. The Kier molecular flexibility index (Phi) is 6.88. The van der Waals surface area contributed by atoms with Crippen molar-refractivity contribution in [3.63, 3.8) is 0 Å². The molecule has 1 aromatic heterocycles. The molecule has 10 nitrogen and oxygen atoms in total. The number of hydrogen-bond donors (Lipinski definition) is 0. The summed E-state index contributed by atoms with van der Waals surface area (Å²) in [6.45, 7) is -1.19. The number of esters is 1. The number of nitrogens with zero attached hydrogens (tertiary/aromatic N) is 3. The van der Waals surface area contributed by atoms with Crippen molar-refractivity contribution in [2.24, 2.45) is 5.10 Å². The van der Waals surface area contributed by atoms with Crippen LogP contribution in [0.25, 0.3) is 0 Å². The molecule has 0 saturated heterocycles. The number of amides is 1. The Morgan fingerprint density at radius 1 is 1.12 bits per heavy atom. The molecule has 0 spiro atoms. The van der Waals surface area contributed by atoms with E-state index in [0.29, 0.717) is 22.9 Å². The van der Waals surface area contributed by atoms with E-state index in [-0.39, 0.29) is 11.4 Å². The van der Waals surface area contributed by atoms with E-state index in [2.05, 4.69) is 5.10 Å². The van der Waals surface area contributed by atoms with E-state index in [1.165, 1.54) is 35.5 Å². The Morgan fingerprint density at radius 2 is 1.88 bits per heavy atom. The molecule has 2 aromatic carbocycles. The third kappa shape index (κ3) is 5.24. The minimum atomic E-state index is -0.859. The second kappa shape index (κ2) is 10.2. The molecule has 0 N–H and O–H groups in total. The number of ether oxygens (including phenoxy) is 2. The minimum Gasteiger partial charge on any atom is -0.475 e. The Labute approximate surface area is 198 Å². The molecule has 1 unspecified atom stereocenters. The summed E-state index contributed by atoms with van der Waals surface area (Å²) < 4.78 is 15.7. The highest BCUT2D eigenvalue weighted by atomic mass is 35.5. The van der Waals surface area contributed by atoms with Gasteiger partial charge in [-0.3, -0.25) is 14.9 Å². The molecule has 1 aliphatic heterocycles. The number of carbonyl (C=O) groups excluding carboxylic acids is 2. The number of para-hydroxylation sites is 2. The second-order valence-corrected chi connectivity index (χ2v) is 7.64. The molecule has 1 aliphatic rings. The first-order chi connectivity index (χ1) is 16.4. The van der Waals surface area contributed by atoms with Crippen molar-refractivity contribution in [2.75, 3.05) is 13.2 Å². The van der Waals surface area contributed by atoms with Crippen LogP contribution in [-0.2, 0) is 14.3 Å². The normalized spacial score (nSPS) is 15.0. The minimum absolute atomic E-state index is 0.0783. The van der Waals surface area contributed by atoms with E-state index in [1.54, 1.807) is 36.4 Å². The van der Waals surface area contributed by atoms with Crippen molar-refractivity contribution >= 4 is 34.9 Å². The van der Waals surface area contributed by atoms with Crippen LogP contribution in [0.1, 0.15) is 23.8 Å². The lowest BCUT2D eigenvalue weighted by Crippen LogP contribution is -2.32. The van der Waals surface area contributed by atoms with Crippen LogP contribution >= 0.6 is 11.6 Å². The van der Waals surface area contributed by atoms with Crippen LogP contribution in [0.4, 0.5) is 5.69 Å². The first-order valence-electron chi connectivity index (χ1n) is 10.1. The highest BCUT2D eigenvalue weighted by molar-refractivity contribution is 6.30. The second-order valence-electron chi connectivity index (χ2n) is 7.20. The van der Waals surface area contributed by atoms with Crippen LogP contribution in [-0.4, -0.2) is 40.7 Å². The molecule has 11 heteroatoms. The number of nitro groups is 1. The molecule has 1 atom stereocenters. The summed E-state index contributed by atoms with van der Waals surface area (Å²) in [5.74, 6) is -0.968. The SMILES string of the molecule is O=C(COc1ccccc1[N+](=O)[O-])OCC(=O)N1N=C(c2ccc(Cl)cc2)CC1c1ccco1. The van der Waals surface area contributed by atoms with Gasteiger partial charge in [0, 0.05) is 17.5 Å². The third-order valence-corrected chi connectivity index (χ3v) is 5.23. The summed E-state index contributed by atoms with van der Waals surface area (Å²) in [4.78, 5) is 35.4. The monoisotopic (exact) mass is 483 g/mol. The zero-order valence-electron chi connectivity index (χ0n) is 17.6. The highest BCUT2D eigenvalue weighted by Gasteiger charge is 2.35. The fraction of sp³-hybridized carbons (Fsp3) is 0.174. The van der Waals surface area contributed by atoms with Crippen molar-refractivity contribution in [3.8, 4) is 5.75 Å². The van der Waals surface area contributed by atoms with Crippen molar-refractivity contribution in [1.82, 2.24) is 5.01 Å². The molecule has 174 valence electrons. The molecular formula is C23H18ClN3O7. The van der Waals surface area contributed by atoms with Crippen LogP contribution in [0, 0.1) is 10.1 Å². The van der Waals surface area contributed by atoms with Crippen molar-refractivity contribution in [2.45, 2.75) is 12.5 Å². The summed E-state index contributed by atoms with van der Waals surface area (Å²) in [6.07, 6.45) is 1.90. The van der Waals surface area contributed by atoms with Crippen LogP contribution in [0.5, 0.6) is 5.75 Å². The van der Waals surface area contributed by atoms with Crippen LogP contribution in [0.2, 0.25) is 5.02 Å². The predicted molar refractivity (Wildman–Crippen MR) is 120 cm³/mol. The molecule has 34 heavy (non-hydrogen) atoms. The lowest BCUT2D eigenvalue weighted by atomic mass is 10.0. The number of rotatable bonds is 8. The number of carbonyl (C=O) groups is 2. The van der Waals surface area contributed by atoms with Gasteiger partial charge in [0.25, 0.3) is 5.91 Å². The van der Waals surface area contributed by atoms with Gasteiger partial charge in [0.05, 0.1) is 16.9 Å². The van der Waals surface area contributed by atoms with Crippen molar-refractivity contribution < 1.29 is 28.4 Å². The van der Waals surface area contributed by atoms with Gasteiger partial charge < -0.3 is 13.9 Å². The Hall–Kier alpha value is -4.18. The Bertz CT molecular complexity index is 1230. The number of halogens is 1. The molecule has 0 aliphatic carbocycles. The van der Waals surface area contributed by atoms with Gasteiger partial charge in [-0.2, -0.15) is 5.10 Å². The van der Waals surface area contributed by atoms with Gasteiger partial charge in [-0.1, -0.05) is 35.9 Å². The van der Waals surface area contributed by atoms with E-state index >= 15 is 0 Å². The smallest absolute Gasteiger partial charge is 0.344 e. The Morgan fingerprint density at radius 3 is 2.59 bits per heavy atom. The molecule has 1 amide bonds. The Balaban J connectivity index is 1.40. The number of furan rings is 1. The van der Waals surface area contributed by atoms with Gasteiger partial charge >= 0.3 is 11.7 Å². The van der Waals surface area contributed by atoms with Crippen LogP contribution in [0.3, 0.4) is 0 Å². The molecule has 4 rings (SSSR count). The van der Waals surface area contributed by atoms with E-state index in [0.717, 1.165) is 5.56 Å². The first-order valence-corrected chi connectivity index (χ1v) is 10.5. The standard InChI is InChI=1S/C23H18ClN3O7/c24-16-9-7-15(8-10-16)17-12-19(21-6-3-11-32-21)26(25-17)22(28)13-34-23(29)14-33-20-5-2-1-4-18(20)27(30)31/h1-11,19H,12-14H2. The topological polar surface area (TPSA) is 124 Å². The lowest BCUT2D eigenvalue weighted by molar-refractivity contribution is -0.385. The summed E-state index contributed by atoms with van der Waals surface area (Å²) in [7, 11) is 0. The lowest BCUT2D eigenvalue weighted by Gasteiger charge is -2.19. The fourth-order valence-corrected chi connectivity index (χ4v) is 3.50.